The zero-order chi connectivity index (χ0) is 17.4. The van der Waals surface area contributed by atoms with Gasteiger partial charge in [-0.15, -0.1) is 0 Å². The lowest BCUT2D eigenvalue weighted by Gasteiger charge is -2.35. The van der Waals surface area contributed by atoms with E-state index < -0.39 is 0 Å². The van der Waals surface area contributed by atoms with E-state index in [0.717, 1.165) is 30.1 Å². The van der Waals surface area contributed by atoms with Gasteiger partial charge in [-0.2, -0.15) is 5.10 Å². The second-order valence-electron chi connectivity index (χ2n) is 6.48. The van der Waals surface area contributed by atoms with Gasteiger partial charge in [0.1, 0.15) is 5.69 Å². The van der Waals surface area contributed by atoms with Crippen LogP contribution in [-0.2, 0) is 4.74 Å². The van der Waals surface area contributed by atoms with Crippen molar-refractivity contribution in [3.05, 3.63) is 51.8 Å². The average molecular weight is 381 g/mol. The molecule has 2 aliphatic heterocycles. The number of morpholine rings is 1. The first-order valence-electron chi connectivity index (χ1n) is 8.21. The maximum absolute atomic E-state index is 12.3. The number of hydrogen-bond acceptors (Lipinski definition) is 4. The molecular weight excluding hydrogens is 363 g/mol. The van der Waals surface area contributed by atoms with Crippen LogP contribution in [0.5, 0.6) is 0 Å². The number of H-pyrrole nitrogens is 1. The highest BCUT2D eigenvalue weighted by molar-refractivity contribution is 6.33. The van der Waals surface area contributed by atoms with Gasteiger partial charge in [0.2, 0.25) is 0 Å². The van der Waals surface area contributed by atoms with Crippen molar-refractivity contribution in [1.29, 1.82) is 0 Å². The van der Waals surface area contributed by atoms with Crippen molar-refractivity contribution in [2.45, 2.75) is 24.6 Å². The first-order chi connectivity index (χ1) is 12.1. The number of fused-ring (bicyclic) bond motifs is 1. The largest absolute Gasteiger partial charge is 0.371 e. The molecule has 3 atom stereocenters. The lowest BCUT2D eigenvalue weighted by Crippen LogP contribution is -2.43. The number of aromatic amines is 1. The predicted molar refractivity (Wildman–Crippen MR) is 95.0 cm³/mol. The molecule has 0 unspecified atom stereocenters. The van der Waals surface area contributed by atoms with Crippen molar-refractivity contribution in [2.24, 2.45) is 0 Å². The third-order valence-electron chi connectivity index (χ3n) is 4.82. The standard InChI is InChI=1S/C17H18Cl2N4O2/c18-11-3-1-10(2-4-11)15-8-23-7-12(5-13(23)9-25-15)21-17(24)16-14(19)6-20-22-16/h1-4,6,12-13,15H,5,7-9H2,(H,20,22)(H,21,24)/t12-,13-,15+/m0/s1. The fourth-order valence-corrected chi connectivity index (χ4v) is 3.85. The van der Waals surface area contributed by atoms with E-state index in [2.05, 4.69) is 20.4 Å². The Kier molecular flexibility index (Phi) is 4.69. The van der Waals surface area contributed by atoms with Crippen LogP contribution in [0.1, 0.15) is 28.6 Å². The maximum atomic E-state index is 12.3. The van der Waals surface area contributed by atoms with Gasteiger partial charge in [-0.05, 0) is 24.1 Å². The Hall–Kier alpha value is -1.60. The number of benzene rings is 1. The quantitative estimate of drug-likeness (QED) is 0.858. The summed E-state index contributed by atoms with van der Waals surface area (Å²) < 4.78 is 6.03. The zero-order valence-electron chi connectivity index (χ0n) is 13.4. The predicted octanol–water partition coefficient (Wildman–Crippen LogP) is 2.66. The summed E-state index contributed by atoms with van der Waals surface area (Å²) in [4.78, 5) is 14.7. The maximum Gasteiger partial charge on any atom is 0.271 e. The molecule has 25 heavy (non-hydrogen) atoms. The topological polar surface area (TPSA) is 70.2 Å². The molecule has 0 radical (unpaired) electrons. The van der Waals surface area contributed by atoms with Crippen molar-refractivity contribution in [3.8, 4) is 0 Å². The Bertz CT molecular complexity index is 764. The van der Waals surface area contributed by atoms with E-state index in [1.54, 1.807) is 0 Å². The van der Waals surface area contributed by atoms with Gasteiger partial charge in [-0.3, -0.25) is 14.8 Å². The number of carbonyl (C=O) groups excluding carboxylic acids is 1. The third-order valence-corrected chi connectivity index (χ3v) is 5.35. The van der Waals surface area contributed by atoms with E-state index in [9.17, 15) is 4.79 Å². The van der Waals surface area contributed by atoms with Gasteiger partial charge in [0.15, 0.2) is 0 Å². The molecule has 132 valence electrons. The Morgan fingerprint density at radius 2 is 2.08 bits per heavy atom. The number of ether oxygens (including phenoxy) is 1. The number of carbonyl (C=O) groups is 1. The normalized spacial score (nSPS) is 26.4. The number of nitrogens with zero attached hydrogens (tertiary/aromatic N) is 2. The van der Waals surface area contributed by atoms with Gasteiger partial charge in [0, 0.05) is 30.2 Å². The van der Waals surface area contributed by atoms with E-state index in [1.807, 2.05) is 24.3 Å². The summed E-state index contributed by atoms with van der Waals surface area (Å²) in [5.74, 6) is -0.220. The highest BCUT2D eigenvalue weighted by Crippen LogP contribution is 2.31. The van der Waals surface area contributed by atoms with Crippen LogP contribution in [0.4, 0.5) is 0 Å². The number of aromatic nitrogens is 2. The fourth-order valence-electron chi connectivity index (χ4n) is 3.55. The monoisotopic (exact) mass is 380 g/mol. The van der Waals surface area contributed by atoms with Crippen LogP contribution in [0.2, 0.25) is 10.0 Å². The molecule has 1 amide bonds. The summed E-state index contributed by atoms with van der Waals surface area (Å²) >= 11 is 11.9. The lowest BCUT2D eigenvalue weighted by atomic mass is 10.1. The van der Waals surface area contributed by atoms with Crippen molar-refractivity contribution < 1.29 is 9.53 Å². The molecule has 6 nitrogen and oxygen atoms in total. The molecule has 0 aliphatic carbocycles. The van der Waals surface area contributed by atoms with Gasteiger partial charge >= 0.3 is 0 Å². The smallest absolute Gasteiger partial charge is 0.271 e. The minimum atomic E-state index is -0.220. The molecule has 2 N–H and O–H groups in total. The summed E-state index contributed by atoms with van der Waals surface area (Å²) in [7, 11) is 0. The van der Waals surface area contributed by atoms with E-state index in [4.69, 9.17) is 27.9 Å². The molecule has 4 rings (SSSR count). The molecule has 0 saturated carbocycles. The minimum absolute atomic E-state index is 0.0324. The highest BCUT2D eigenvalue weighted by Gasteiger charge is 2.38. The number of nitrogens with one attached hydrogen (secondary N) is 2. The molecule has 2 fully saturated rings. The van der Waals surface area contributed by atoms with Gasteiger partial charge in [0.25, 0.3) is 5.91 Å². The molecule has 2 aromatic rings. The molecular formula is C17H18Cl2N4O2. The second-order valence-corrected chi connectivity index (χ2v) is 7.32. The number of rotatable bonds is 3. The van der Waals surface area contributed by atoms with Gasteiger partial charge in [-0.25, -0.2) is 0 Å². The molecule has 3 heterocycles. The van der Waals surface area contributed by atoms with E-state index in [1.165, 1.54) is 6.20 Å². The van der Waals surface area contributed by atoms with Crippen LogP contribution < -0.4 is 5.32 Å². The highest BCUT2D eigenvalue weighted by atomic mass is 35.5. The average Bonchev–Trinajstić information content (AvgIpc) is 3.20. The SMILES string of the molecule is O=C(N[C@H]1C[C@H]2CO[C@@H](c3ccc(Cl)cc3)CN2C1)c1[nH]ncc1Cl. The molecule has 1 aromatic heterocycles. The first-order valence-corrected chi connectivity index (χ1v) is 8.96. The van der Waals surface area contributed by atoms with Crippen molar-refractivity contribution in [2.75, 3.05) is 19.7 Å². The summed E-state index contributed by atoms with van der Waals surface area (Å²) in [5, 5.41) is 10.5. The Labute approximate surface area is 155 Å². The molecule has 8 heteroatoms. The minimum Gasteiger partial charge on any atom is -0.371 e. The molecule has 2 aliphatic rings. The van der Waals surface area contributed by atoms with Crippen molar-refractivity contribution in [1.82, 2.24) is 20.4 Å². The number of hydrogen-bond donors (Lipinski definition) is 2. The fraction of sp³-hybridized carbons (Fsp3) is 0.412. The van der Waals surface area contributed by atoms with E-state index >= 15 is 0 Å². The first kappa shape index (κ1) is 16.8. The van der Waals surface area contributed by atoms with Crippen LogP contribution in [0.25, 0.3) is 0 Å². The van der Waals surface area contributed by atoms with E-state index in [-0.39, 0.29) is 18.1 Å². The summed E-state index contributed by atoms with van der Waals surface area (Å²) in [6.45, 7) is 2.27. The van der Waals surface area contributed by atoms with Gasteiger partial charge in [-0.1, -0.05) is 35.3 Å². The lowest BCUT2D eigenvalue weighted by molar-refractivity contribution is -0.0502. The summed E-state index contributed by atoms with van der Waals surface area (Å²) in [5.41, 5.74) is 1.43. The molecule has 0 bridgehead atoms. The van der Waals surface area contributed by atoms with Crippen LogP contribution in [0.15, 0.2) is 30.5 Å². The van der Waals surface area contributed by atoms with Crippen molar-refractivity contribution in [3.63, 3.8) is 0 Å². The van der Waals surface area contributed by atoms with Crippen LogP contribution >= 0.6 is 23.2 Å². The Balaban J connectivity index is 1.38. The molecule has 2 saturated heterocycles. The van der Waals surface area contributed by atoms with Crippen LogP contribution in [0, 0.1) is 0 Å². The van der Waals surface area contributed by atoms with Gasteiger partial charge < -0.3 is 10.1 Å². The molecule has 0 spiro atoms. The Morgan fingerprint density at radius 1 is 1.28 bits per heavy atom. The second kappa shape index (κ2) is 6.96. The zero-order valence-corrected chi connectivity index (χ0v) is 14.9. The number of amides is 1. The summed E-state index contributed by atoms with van der Waals surface area (Å²) in [6.07, 6.45) is 2.33. The van der Waals surface area contributed by atoms with Crippen LogP contribution in [-0.4, -0.2) is 52.8 Å². The molecule has 1 aromatic carbocycles. The summed E-state index contributed by atoms with van der Waals surface area (Å²) in [6, 6.07) is 8.17. The Morgan fingerprint density at radius 3 is 2.80 bits per heavy atom. The number of halogens is 2. The van der Waals surface area contributed by atoms with Crippen molar-refractivity contribution >= 4 is 29.1 Å². The van der Waals surface area contributed by atoms with Gasteiger partial charge in [0.05, 0.1) is 23.9 Å². The third kappa shape index (κ3) is 3.53. The van der Waals surface area contributed by atoms with E-state index in [0.29, 0.717) is 23.4 Å². The van der Waals surface area contributed by atoms with Crippen LogP contribution in [0.3, 0.4) is 0 Å².